The van der Waals surface area contributed by atoms with Crippen LogP contribution in [0.3, 0.4) is 0 Å². The summed E-state index contributed by atoms with van der Waals surface area (Å²) in [5.41, 5.74) is 0. The molecule has 15 heavy (non-hydrogen) atoms. The van der Waals surface area contributed by atoms with Crippen molar-refractivity contribution >= 4 is 18.6 Å². The van der Waals surface area contributed by atoms with E-state index in [0.717, 1.165) is 0 Å². The molecule has 88 valence electrons. The predicted octanol–water partition coefficient (Wildman–Crippen LogP) is 1.59. The van der Waals surface area contributed by atoms with Gasteiger partial charge in [-0.1, -0.05) is 4.57 Å². The minimum absolute atomic E-state index is 1.14. The molecule has 4 nitrogen and oxygen atoms in total. The van der Waals surface area contributed by atoms with Crippen molar-refractivity contribution in [1.29, 1.82) is 0 Å². The molecule has 1 aliphatic rings. The first-order valence-electron chi connectivity index (χ1n) is 3.09. The Morgan fingerprint density at radius 2 is 1.80 bits per heavy atom. The molecular formula is C3HF6N2O2PS. The van der Waals surface area contributed by atoms with Crippen LogP contribution in [0, 0.1) is 0 Å². The summed E-state index contributed by atoms with van der Waals surface area (Å²) in [4.78, 5) is 9.98. The molecule has 1 saturated heterocycles. The Morgan fingerprint density at radius 1 is 1.33 bits per heavy atom. The van der Waals surface area contributed by atoms with Crippen molar-refractivity contribution in [3.05, 3.63) is 0 Å². The van der Waals surface area contributed by atoms with Crippen LogP contribution in [0.4, 0.5) is 26.5 Å². The molecule has 1 rings (SSSR count). The Hall–Kier alpha value is -0.0900. The van der Waals surface area contributed by atoms with E-state index in [1.807, 2.05) is 0 Å². The van der Waals surface area contributed by atoms with Gasteiger partial charge in [0, 0.05) is 0 Å². The van der Waals surface area contributed by atoms with Gasteiger partial charge in [0.15, 0.2) is 0 Å². The van der Waals surface area contributed by atoms with Gasteiger partial charge in [0.25, 0.3) is 6.30 Å². The largest absolute Gasteiger partial charge is 0.584 e. The average Bonchev–Trinajstić information content (AvgIpc) is 2.20. The fourth-order valence-corrected chi connectivity index (χ4v) is 2.38. The predicted molar refractivity (Wildman–Crippen MR) is 34.8 cm³/mol. The van der Waals surface area contributed by atoms with Gasteiger partial charge in [0.2, 0.25) is 11.4 Å². The van der Waals surface area contributed by atoms with Gasteiger partial charge in [-0.25, -0.2) is 4.39 Å². The first kappa shape index (κ1) is 13.0. The van der Waals surface area contributed by atoms with E-state index in [0.29, 0.717) is 0 Å². The van der Waals surface area contributed by atoms with Crippen molar-refractivity contribution in [3.63, 3.8) is 0 Å². The Balaban J connectivity index is 3.05. The molecule has 0 radical (unpaired) electrons. The summed E-state index contributed by atoms with van der Waals surface area (Å²) in [6.45, 7) is 0. The van der Waals surface area contributed by atoms with Crippen LogP contribution in [0.1, 0.15) is 0 Å². The van der Waals surface area contributed by atoms with E-state index in [9.17, 15) is 36.0 Å². The quantitative estimate of drug-likeness (QED) is 0.331. The number of nitrogens with zero attached hydrogens (tertiary/aromatic N) is 2. The molecule has 0 aliphatic carbocycles. The zero-order valence-electron chi connectivity index (χ0n) is 6.41. The van der Waals surface area contributed by atoms with Gasteiger partial charge < -0.3 is 4.89 Å². The van der Waals surface area contributed by atoms with Crippen LogP contribution in [0.15, 0.2) is 0 Å². The monoisotopic (exact) mass is 274 g/mol. The first-order valence-corrected chi connectivity index (χ1v) is 5.69. The van der Waals surface area contributed by atoms with Crippen LogP contribution in [0.25, 0.3) is 0 Å². The Bertz CT molecular complexity index is 296. The van der Waals surface area contributed by atoms with Crippen LogP contribution in [0.5, 0.6) is 0 Å². The van der Waals surface area contributed by atoms with E-state index in [-0.39, 0.29) is 0 Å². The minimum atomic E-state index is -5.11. The molecule has 0 spiro atoms. The standard InChI is InChI=1S/C3HF6N2O2PS/c4-1-2(5,6)11(9)3(7,10(1)8)15-14(12)13/h1H. The number of hydrogen-bond donors (Lipinski definition) is 0. The molecule has 1 aliphatic heterocycles. The van der Waals surface area contributed by atoms with Crippen molar-refractivity contribution in [1.82, 2.24) is 10.2 Å². The van der Waals surface area contributed by atoms with E-state index in [4.69, 9.17) is 0 Å². The maximum absolute atomic E-state index is 13.1. The lowest BCUT2D eigenvalue weighted by atomic mass is 10.5. The zero-order chi connectivity index (χ0) is 12.0. The molecule has 0 saturated carbocycles. The van der Waals surface area contributed by atoms with Crippen molar-refractivity contribution in [2.45, 2.75) is 17.6 Å². The number of hydrogen-bond acceptors (Lipinski definition) is 5. The van der Waals surface area contributed by atoms with Crippen LogP contribution in [0.2, 0.25) is 0 Å². The number of halogens is 6. The van der Waals surface area contributed by atoms with Gasteiger partial charge in [-0.2, -0.15) is 13.2 Å². The molecule has 0 aromatic carbocycles. The highest BCUT2D eigenvalue weighted by molar-refractivity contribution is 8.50. The zero-order valence-corrected chi connectivity index (χ0v) is 8.12. The summed E-state index contributed by atoms with van der Waals surface area (Å²) in [7, 11) is -3.80. The highest BCUT2D eigenvalue weighted by Gasteiger charge is 2.75. The topological polar surface area (TPSA) is 46.6 Å². The van der Waals surface area contributed by atoms with E-state index in [1.165, 1.54) is 0 Å². The maximum Gasteiger partial charge on any atom is 0.391 e. The maximum atomic E-state index is 13.1. The summed E-state index contributed by atoms with van der Waals surface area (Å²) in [6, 6.07) is -5.11. The van der Waals surface area contributed by atoms with Crippen molar-refractivity contribution in [2.24, 2.45) is 0 Å². The van der Waals surface area contributed by atoms with Gasteiger partial charge in [-0.3, -0.25) is 0 Å². The fourth-order valence-electron chi connectivity index (χ4n) is 0.807. The van der Waals surface area contributed by atoms with Gasteiger partial charge >= 0.3 is 18.5 Å². The van der Waals surface area contributed by atoms with Crippen molar-refractivity contribution in [3.8, 4) is 0 Å². The van der Waals surface area contributed by atoms with E-state index in [2.05, 4.69) is 0 Å². The molecule has 3 atom stereocenters. The van der Waals surface area contributed by atoms with E-state index < -0.39 is 46.4 Å². The molecule has 3 unspecified atom stereocenters. The average molecular weight is 274 g/mol. The second-order valence-electron chi connectivity index (χ2n) is 2.36. The molecule has 1 heterocycles. The molecule has 0 bridgehead atoms. The molecular weight excluding hydrogens is 273 g/mol. The highest BCUT2D eigenvalue weighted by atomic mass is 32.7. The third-order valence-corrected chi connectivity index (χ3v) is 3.30. The number of alkyl halides is 4. The summed E-state index contributed by atoms with van der Waals surface area (Å²) in [5.74, 6) is 0. The van der Waals surface area contributed by atoms with Gasteiger partial charge in [-0.15, -0.1) is 8.96 Å². The van der Waals surface area contributed by atoms with Gasteiger partial charge in [0.1, 0.15) is 0 Å². The molecule has 0 aromatic rings. The highest BCUT2D eigenvalue weighted by Crippen LogP contribution is 2.56. The third-order valence-electron chi connectivity index (χ3n) is 1.44. The molecule has 0 aromatic heterocycles. The van der Waals surface area contributed by atoms with Crippen LogP contribution in [-0.4, -0.2) is 27.8 Å². The lowest BCUT2D eigenvalue weighted by molar-refractivity contribution is -0.269. The smallest absolute Gasteiger partial charge is 0.391 e. The first-order chi connectivity index (χ1) is 6.64. The summed E-state index contributed by atoms with van der Waals surface area (Å²) in [6.07, 6.45) is -3.94. The Kier molecular flexibility index (Phi) is 3.23. The molecule has 0 amide bonds. The normalized spacial score (nSPS) is 38.3. The lowest BCUT2D eigenvalue weighted by Gasteiger charge is -2.20. The van der Waals surface area contributed by atoms with Crippen molar-refractivity contribution < 1.29 is 36.0 Å². The second-order valence-corrected chi connectivity index (χ2v) is 4.95. The molecule has 12 heteroatoms. The Morgan fingerprint density at radius 3 is 2.07 bits per heavy atom. The van der Waals surface area contributed by atoms with Crippen LogP contribution >= 0.6 is 18.6 Å². The van der Waals surface area contributed by atoms with Crippen LogP contribution in [-0.2, 0) is 4.57 Å². The van der Waals surface area contributed by atoms with Gasteiger partial charge in [-0.05, 0) is 10.2 Å². The van der Waals surface area contributed by atoms with Crippen LogP contribution < -0.4 is 4.89 Å². The molecule has 0 N–H and O–H groups in total. The number of rotatable bonds is 2. The van der Waals surface area contributed by atoms with E-state index in [1.54, 1.807) is 0 Å². The minimum Gasteiger partial charge on any atom is -0.584 e. The summed E-state index contributed by atoms with van der Waals surface area (Å²) >= 11 is -1.14. The Labute approximate surface area is 83.3 Å². The summed E-state index contributed by atoms with van der Waals surface area (Å²) in [5, 5.41) is -8.40. The van der Waals surface area contributed by atoms with E-state index >= 15 is 0 Å². The lowest BCUT2D eigenvalue weighted by Crippen LogP contribution is -2.42. The van der Waals surface area contributed by atoms with Gasteiger partial charge in [0.05, 0.1) is 0 Å². The van der Waals surface area contributed by atoms with Crippen molar-refractivity contribution in [2.75, 3.05) is 0 Å². The second kappa shape index (κ2) is 3.74. The third kappa shape index (κ3) is 1.82. The molecule has 1 fully saturated rings. The fraction of sp³-hybridized carbons (Fsp3) is 1.00. The summed E-state index contributed by atoms with van der Waals surface area (Å²) < 4.78 is 85.2. The SMILES string of the molecule is O=[P+]([O-])SC1(F)N(F)C(F)C(F)(F)N1F.